The molecule has 1 saturated heterocycles. The fraction of sp³-hybridized carbons (Fsp3) is 0.350. The van der Waals surface area contributed by atoms with Crippen molar-refractivity contribution in [3.63, 3.8) is 0 Å². The highest BCUT2D eigenvalue weighted by atomic mass is 19.4. The van der Waals surface area contributed by atoms with Gasteiger partial charge in [0, 0.05) is 25.2 Å². The predicted octanol–water partition coefficient (Wildman–Crippen LogP) is 2.90. The van der Waals surface area contributed by atoms with E-state index in [0.717, 1.165) is 24.2 Å². The zero-order valence-corrected chi connectivity index (χ0v) is 16.3. The van der Waals surface area contributed by atoms with E-state index in [1.54, 1.807) is 9.58 Å². The van der Waals surface area contributed by atoms with Gasteiger partial charge in [0.25, 0.3) is 0 Å². The normalized spacial score (nSPS) is 17.5. The van der Waals surface area contributed by atoms with Crippen LogP contribution in [0, 0.1) is 0 Å². The Kier molecular flexibility index (Phi) is 4.60. The molecule has 1 aromatic carbocycles. The maximum atomic E-state index is 13.1. The quantitative estimate of drug-likeness (QED) is 0.500. The van der Waals surface area contributed by atoms with Crippen molar-refractivity contribution in [2.45, 2.75) is 31.5 Å². The number of hydrogen-bond donors (Lipinski definition) is 0. The summed E-state index contributed by atoms with van der Waals surface area (Å²) in [6, 6.07) is 9.68. The largest absolute Gasteiger partial charge is 0.417 e. The van der Waals surface area contributed by atoms with Crippen molar-refractivity contribution in [2.75, 3.05) is 13.1 Å². The van der Waals surface area contributed by atoms with Crippen molar-refractivity contribution in [2.24, 2.45) is 0 Å². The molecule has 160 valence electrons. The Morgan fingerprint density at radius 1 is 1.10 bits per heavy atom. The van der Waals surface area contributed by atoms with Crippen molar-refractivity contribution in [3.8, 4) is 0 Å². The van der Waals surface area contributed by atoms with Crippen LogP contribution in [0.3, 0.4) is 0 Å². The van der Waals surface area contributed by atoms with Crippen LogP contribution in [-0.4, -0.2) is 53.5 Å². The topological polar surface area (TPSA) is 81.2 Å². The van der Waals surface area contributed by atoms with E-state index in [4.69, 9.17) is 0 Å². The molecule has 1 aliphatic heterocycles. The lowest BCUT2D eigenvalue weighted by Gasteiger charge is -2.32. The first-order chi connectivity index (χ1) is 14.9. The Bertz CT molecular complexity index is 1260. The lowest BCUT2D eigenvalue weighted by atomic mass is 9.97. The number of rotatable bonds is 3. The number of aromatic nitrogens is 6. The third-order valence-corrected chi connectivity index (χ3v) is 5.60. The van der Waals surface area contributed by atoms with Gasteiger partial charge in [-0.2, -0.15) is 13.2 Å². The van der Waals surface area contributed by atoms with E-state index < -0.39 is 11.7 Å². The molecule has 1 unspecified atom stereocenters. The molecular formula is C20H18F3N7O. The number of carbonyl (C=O) groups is 1. The van der Waals surface area contributed by atoms with E-state index in [0.29, 0.717) is 36.5 Å². The number of fused-ring (bicyclic) bond motifs is 2. The Hall–Kier alpha value is -3.50. The first-order valence-electron chi connectivity index (χ1n) is 9.88. The van der Waals surface area contributed by atoms with E-state index in [1.807, 2.05) is 24.3 Å². The van der Waals surface area contributed by atoms with Crippen LogP contribution in [0.2, 0.25) is 0 Å². The summed E-state index contributed by atoms with van der Waals surface area (Å²) in [6.45, 7) is 0.987. The summed E-state index contributed by atoms with van der Waals surface area (Å²) in [5, 5.41) is 16.3. The minimum atomic E-state index is -4.45. The summed E-state index contributed by atoms with van der Waals surface area (Å²) >= 11 is 0. The highest BCUT2D eigenvalue weighted by molar-refractivity contribution is 5.80. The number of likely N-dealkylation sites (tertiary alicyclic amines) is 1. The second-order valence-corrected chi connectivity index (χ2v) is 7.62. The predicted molar refractivity (Wildman–Crippen MR) is 104 cm³/mol. The number of pyridine rings is 1. The van der Waals surface area contributed by atoms with E-state index in [1.165, 1.54) is 10.5 Å². The number of alkyl halides is 3. The molecule has 0 saturated carbocycles. The van der Waals surface area contributed by atoms with Crippen LogP contribution in [0.15, 0.2) is 42.6 Å². The lowest BCUT2D eigenvalue weighted by molar-refractivity contribution is -0.138. The molecule has 0 N–H and O–H groups in total. The van der Waals surface area contributed by atoms with Crippen molar-refractivity contribution in [1.82, 2.24) is 34.5 Å². The number of para-hydroxylation sites is 1. The van der Waals surface area contributed by atoms with Gasteiger partial charge >= 0.3 is 6.18 Å². The Morgan fingerprint density at radius 3 is 2.77 bits per heavy atom. The number of nitrogens with zero attached hydrogens (tertiary/aromatic N) is 7. The van der Waals surface area contributed by atoms with Crippen LogP contribution in [0.1, 0.15) is 30.1 Å². The highest BCUT2D eigenvalue weighted by Crippen LogP contribution is 2.31. The zero-order chi connectivity index (χ0) is 21.6. The van der Waals surface area contributed by atoms with Crippen LogP contribution in [-0.2, 0) is 17.5 Å². The summed E-state index contributed by atoms with van der Waals surface area (Å²) in [7, 11) is 0. The molecule has 0 radical (unpaired) electrons. The Balaban J connectivity index is 1.37. The minimum absolute atomic E-state index is 0.0477. The summed E-state index contributed by atoms with van der Waals surface area (Å²) in [6.07, 6.45) is -1.99. The van der Waals surface area contributed by atoms with E-state index in [-0.39, 0.29) is 18.4 Å². The smallest absolute Gasteiger partial charge is 0.340 e. The monoisotopic (exact) mass is 429 g/mol. The van der Waals surface area contributed by atoms with Gasteiger partial charge in [0.1, 0.15) is 17.9 Å². The van der Waals surface area contributed by atoms with Crippen molar-refractivity contribution < 1.29 is 18.0 Å². The lowest BCUT2D eigenvalue weighted by Crippen LogP contribution is -2.41. The molecule has 0 aliphatic carbocycles. The molecule has 11 heteroatoms. The minimum Gasteiger partial charge on any atom is -0.340 e. The molecule has 0 spiro atoms. The van der Waals surface area contributed by atoms with Gasteiger partial charge in [-0.3, -0.25) is 9.20 Å². The van der Waals surface area contributed by atoms with Gasteiger partial charge in [-0.15, -0.1) is 15.3 Å². The van der Waals surface area contributed by atoms with E-state index >= 15 is 0 Å². The molecule has 31 heavy (non-hydrogen) atoms. The number of carbonyl (C=O) groups excluding carboxylic acids is 1. The van der Waals surface area contributed by atoms with Crippen molar-refractivity contribution in [3.05, 3.63) is 54.0 Å². The van der Waals surface area contributed by atoms with Gasteiger partial charge in [-0.25, -0.2) is 4.68 Å². The molecule has 3 aromatic heterocycles. The number of amides is 1. The first kappa shape index (κ1) is 19.5. The molecule has 1 atom stereocenters. The van der Waals surface area contributed by atoms with Crippen molar-refractivity contribution >= 4 is 22.6 Å². The molecule has 4 aromatic rings. The second kappa shape index (κ2) is 7.33. The maximum absolute atomic E-state index is 13.1. The van der Waals surface area contributed by atoms with Crippen LogP contribution < -0.4 is 0 Å². The van der Waals surface area contributed by atoms with Gasteiger partial charge in [-0.1, -0.05) is 17.3 Å². The van der Waals surface area contributed by atoms with Gasteiger partial charge < -0.3 is 4.90 Å². The average Bonchev–Trinajstić information content (AvgIpc) is 3.37. The summed E-state index contributed by atoms with van der Waals surface area (Å²) in [5.74, 6) is 0.110. The molecule has 1 amide bonds. The van der Waals surface area contributed by atoms with Gasteiger partial charge in [0.2, 0.25) is 5.91 Å². The summed E-state index contributed by atoms with van der Waals surface area (Å²) in [5.41, 5.74) is 1.07. The van der Waals surface area contributed by atoms with Gasteiger partial charge in [0.05, 0.1) is 11.1 Å². The average molecular weight is 429 g/mol. The van der Waals surface area contributed by atoms with Gasteiger partial charge in [0.15, 0.2) is 5.65 Å². The SMILES string of the molecule is O=C(Cn1nnc2ccccc21)N1CCCC(c2nnc3ccc(C(F)(F)F)cn23)C1. The zero-order valence-electron chi connectivity index (χ0n) is 16.3. The highest BCUT2D eigenvalue weighted by Gasteiger charge is 2.33. The molecule has 8 nitrogen and oxygen atoms in total. The number of hydrogen-bond acceptors (Lipinski definition) is 5. The summed E-state index contributed by atoms with van der Waals surface area (Å²) in [4.78, 5) is 14.6. The van der Waals surface area contributed by atoms with E-state index in [2.05, 4.69) is 20.5 Å². The van der Waals surface area contributed by atoms with Gasteiger partial charge in [-0.05, 0) is 37.1 Å². The molecular weight excluding hydrogens is 411 g/mol. The van der Waals surface area contributed by atoms with Crippen LogP contribution in [0.25, 0.3) is 16.7 Å². The fourth-order valence-electron chi connectivity index (χ4n) is 4.03. The molecule has 4 heterocycles. The van der Waals surface area contributed by atoms with Crippen LogP contribution in [0.4, 0.5) is 13.2 Å². The Morgan fingerprint density at radius 2 is 1.94 bits per heavy atom. The second-order valence-electron chi connectivity index (χ2n) is 7.62. The Labute approximate surface area is 174 Å². The third-order valence-electron chi connectivity index (χ3n) is 5.60. The van der Waals surface area contributed by atoms with Crippen LogP contribution >= 0.6 is 0 Å². The van der Waals surface area contributed by atoms with Crippen LogP contribution in [0.5, 0.6) is 0 Å². The molecule has 1 fully saturated rings. The standard InChI is InChI=1S/C20H18F3N7O/c21-20(22,23)14-7-8-17-25-26-19(29(17)11-14)13-4-3-9-28(10-13)18(31)12-30-16-6-2-1-5-15(16)24-27-30/h1-2,5-8,11,13H,3-4,9-10,12H2. The maximum Gasteiger partial charge on any atom is 0.417 e. The first-order valence-corrected chi connectivity index (χ1v) is 9.88. The molecule has 5 rings (SSSR count). The number of halogens is 3. The third kappa shape index (κ3) is 3.60. The molecule has 0 bridgehead atoms. The van der Waals surface area contributed by atoms with Crippen molar-refractivity contribution in [1.29, 1.82) is 0 Å². The fourth-order valence-corrected chi connectivity index (χ4v) is 4.03. The summed E-state index contributed by atoms with van der Waals surface area (Å²) < 4.78 is 42.3. The number of piperidine rings is 1. The number of benzene rings is 1. The van der Waals surface area contributed by atoms with E-state index in [9.17, 15) is 18.0 Å². The molecule has 1 aliphatic rings.